The van der Waals surface area contributed by atoms with Gasteiger partial charge in [-0.05, 0) is 25.5 Å². The molecule has 6 heteroatoms. The molecule has 0 unspecified atom stereocenters. The SMILES string of the molecule is Cc1oc(-c2ccccc2)nc1CC(=O)N1CC[C@H](CO)[C@H](O)C1. The minimum Gasteiger partial charge on any atom is -0.441 e. The molecule has 1 aromatic carbocycles. The highest BCUT2D eigenvalue weighted by molar-refractivity contribution is 5.79. The summed E-state index contributed by atoms with van der Waals surface area (Å²) in [6.45, 7) is 2.55. The number of benzene rings is 1. The van der Waals surface area contributed by atoms with E-state index in [9.17, 15) is 15.0 Å². The van der Waals surface area contributed by atoms with Crippen molar-refractivity contribution in [3.63, 3.8) is 0 Å². The Morgan fingerprint density at radius 1 is 1.38 bits per heavy atom. The van der Waals surface area contributed by atoms with Gasteiger partial charge >= 0.3 is 0 Å². The number of aryl methyl sites for hydroxylation is 1. The highest BCUT2D eigenvalue weighted by atomic mass is 16.4. The first-order chi connectivity index (χ1) is 11.6. The Balaban J connectivity index is 1.68. The zero-order valence-corrected chi connectivity index (χ0v) is 13.7. The Labute approximate surface area is 140 Å². The number of aromatic nitrogens is 1. The number of likely N-dealkylation sites (tertiary alicyclic amines) is 1. The van der Waals surface area contributed by atoms with Gasteiger partial charge in [0.05, 0.1) is 18.2 Å². The Kier molecular flexibility index (Phi) is 4.97. The molecular formula is C18H22N2O4. The molecule has 2 N–H and O–H groups in total. The summed E-state index contributed by atoms with van der Waals surface area (Å²) in [6, 6.07) is 9.56. The van der Waals surface area contributed by atoms with E-state index in [4.69, 9.17) is 4.42 Å². The fourth-order valence-corrected chi connectivity index (χ4v) is 2.97. The fraction of sp³-hybridized carbons (Fsp3) is 0.444. The van der Waals surface area contributed by atoms with Crippen LogP contribution < -0.4 is 0 Å². The van der Waals surface area contributed by atoms with Crippen LogP contribution in [0.25, 0.3) is 11.5 Å². The van der Waals surface area contributed by atoms with Crippen molar-refractivity contribution in [3.05, 3.63) is 41.8 Å². The second kappa shape index (κ2) is 7.15. The number of nitrogens with zero attached hydrogens (tertiary/aromatic N) is 2. The lowest BCUT2D eigenvalue weighted by Gasteiger charge is -2.35. The Morgan fingerprint density at radius 2 is 2.12 bits per heavy atom. The molecule has 0 aliphatic carbocycles. The molecule has 1 fully saturated rings. The normalized spacial score (nSPS) is 21.0. The molecule has 128 valence electrons. The van der Waals surface area contributed by atoms with Crippen LogP contribution in [0.3, 0.4) is 0 Å². The molecule has 2 atom stereocenters. The van der Waals surface area contributed by atoms with Crippen molar-refractivity contribution in [1.29, 1.82) is 0 Å². The zero-order chi connectivity index (χ0) is 17.1. The maximum Gasteiger partial charge on any atom is 0.228 e. The Hall–Kier alpha value is -2.18. The lowest BCUT2D eigenvalue weighted by atomic mass is 9.94. The number of piperidine rings is 1. The van der Waals surface area contributed by atoms with Crippen molar-refractivity contribution in [2.24, 2.45) is 5.92 Å². The first-order valence-electron chi connectivity index (χ1n) is 8.17. The van der Waals surface area contributed by atoms with Crippen LogP contribution in [-0.2, 0) is 11.2 Å². The molecule has 1 aliphatic heterocycles. The van der Waals surface area contributed by atoms with Crippen LogP contribution in [0.1, 0.15) is 17.9 Å². The number of β-amino-alcohol motifs (C(OH)–C–C–N with tert-alkyl or cyclic N) is 1. The van der Waals surface area contributed by atoms with Crippen molar-refractivity contribution >= 4 is 5.91 Å². The van der Waals surface area contributed by atoms with E-state index >= 15 is 0 Å². The van der Waals surface area contributed by atoms with Gasteiger partial charge in [0.25, 0.3) is 0 Å². The van der Waals surface area contributed by atoms with Crippen LogP contribution >= 0.6 is 0 Å². The zero-order valence-electron chi connectivity index (χ0n) is 13.7. The quantitative estimate of drug-likeness (QED) is 0.885. The molecule has 6 nitrogen and oxygen atoms in total. The summed E-state index contributed by atoms with van der Waals surface area (Å²) < 4.78 is 5.68. The van der Waals surface area contributed by atoms with E-state index in [2.05, 4.69) is 4.98 Å². The second-order valence-electron chi connectivity index (χ2n) is 6.20. The van der Waals surface area contributed by atoms with Crippen LogP contribution in [0.4, 0.5) is 0 Å². The largest absolute Gasteiger partial charge is 0.441 e. The van der Waals surface area contributed by atoms with Crippen molar-refractivity contribution in [3.8, 4) is 11.5 Å². The van der Waals surface area contributed by atoms with Crippen molar-refractivity contribution < 1.29 is 19.4 Å². The molecule has 3 rings (SSSR count). The summed E-state index contributed by atoms with van der Waals surface area (Å²) in [5.74, 6) is 0.914. The van der Waals surface area contributed by atoms with E-state index in [1.165, 1.54) is 0 Å². The fourth-order valence-electron chi connectivity index (χ4n) is 2.97. The molecular weight excluding hydrogens is 308 g/mol. The van der Waals surface area contributed by atoms with Gasteiger partial charge in [0.2, 0.25) is 11.8 Å². The number of amides is 1. The number of oxazole rings is 1. The highest BCUT2D eigenvalue weighted by Gasteiger charge is 2.30. The maximum atomic E-state index is 12.5. The van der Waals surface area contributed by atoms with E-state index < -0.39 is 6.10 Å². The number of aliphatic hydroxyl groups is 2. The number of carbonyl (C=O) groups is 1. The molecule has 0 spiro atoms. The van der Waals surface area contributed by atoms with E-state index in [-0.39, 0.29) is 31.4 Å². The van der Waals surface area contributed by atoms with E-state index in [1.54, 1.807) is 11.8 Å². The molecule has 0 saturated carbocycles. The van der Waals surface area contributed by atoms with Gasteiger partial charge in [-0.3, -0.25) is 4.79 Å². The van der Waals surface area contributed by atoms with Crippen LogP contribution in [0.15, 0.2) is 34.7 Å². The molecule has 24 heavy (non-hydrogen) atoms. The van der Waals surface area contributed by atoms with Crippen molar-refractivity contribution in [2.45, 2.75) is 25.9 Å². The Bertz CT molecular complexity index is 698. The van der Waals surface area contributed by atoms with Crippen LogP contribution in [0, 0.1) is 12.8 Å². The van der Waals surface area contributed by atoms with Crippen molar-refractivity contribution in [1.82, 2.24) is 9.88 Å². The average Bonchev–Trinajstić information content (AvgIpc) is 2.96. The first-order valence-corrected chi connectivity index (χ1v) is 8.17. The number of aliphatic hydroxyl groups excluding tert-OH is 2. The monoisotopic (exact) mass is 330 g/mol. The minimum atomic E-state index is -0.675. The first kappa shape index (κ1) is 16.7. The third-order valence-electron chi connectivity index (χ3n) is 4.54. The summed E-state index contributed by atoms with van der Waals surface area (Å²) in [5, 5.41) is 19.2. The molecule has 2 aromatic rings. The number of carbonyl (C=O) groups excluding carboxylic acids is 1. The summed E-state index contributed by atoms with van der Waals surface area (Å²) in [4.78, 5) is 18.6. The average molecular weight is 330 g/mol. The molecule has 1 aromatic heterocycles. The standard InChI is InChI=1S/C18H22N2O4/c1-12-15(19-18(24-12)13-5-3-2-4-6-13)9-17(23)20-8-7-14(11-21)16(22)10-20/h2-6,14,16,21-22H,7-11H2,1H3/t14-,16-/m1/s1. The maximum absolute atomic E-state index is 12.5. The van der Waals surface area contributed by atoms with Crippen LogP contribution in [-0.4, -0.2) is 51.8 Å². The molecule has 0 radical (unpaired) electrons. The number of hydrogen-bond donors (Lipinski definition) is 2. The van der Waals surface area contributed by atoms with Gasteiger partial charge in [-0.2, -0.15) is 0 Å². The molecule has 2 heterocycles. The summed E-state index contributed by atoms with van der Waals surface area (Å²) >= 11 is 0. The predicted molar refractivity (Wildman–Crippen MR) is 88.2 cm³/mol. The lowest BCUT2D eigenvalue weighted by molar-refractivity contribution is -0.135. The Morgan fingerprint density at radius 3 is 2.79 bits per heavy atom. The van der Waals surface area contributed by atoms with Crippen LogP contribution in [0.2, 0.25) is 0 Å². The predicted octanol–water partition coefficient (Wildman–Crippen LogP) is 1.39. The van der Waals surface area contributed by atoms with Crippen molar-refractivity contribution in [2.75, 3.05) is 19.7 Å². The second-order valence-corrected chi connectivity index (χ2v) is 6.20. The lowest BCUT2D eigenvalue weighted by Crippen LogP contribution is -2.48. The topological polar surface area (TPSA) is 86.8 Å². The number of rotatable bonds is 4. The molecule has 0 bridgehead atoms. The molecule has 1 amide bonds. The van der Waals surface area contributed by atoms with Gasteiger partial charge in [0, 0.05) is 31.2 Å². The smallest absolute Gasteiger partial charge is 0.228 e. The van der Waals surface area contributed by atoms with Gasteiger partial charge in [0.15, 0.2) is 0 Å². The van der Waals surface area contributed by atoms with Gasteiger partial charge in [-0.1, -0.05) is 18.2 Å². The van der Waals surface area contributed by atoms with Gasteiger partial charge in [-0.25, -0.2) is 4.98 Å². The van der Waals surface area contributed by atoms with E-state index in [0.29, 0.717) is 30.3 Å². The summed E-state index contributed by atoms with van der Waals surface area (Å²) in [5.41, 5.74) is 1.50. The van der Waals surface area contributed by atoms with Gasteiger partial charge in [0.1, 0.15) is 5.76 Å². The highest BCUT2D eigenvalue weighted by Crippen LogP contribution is 2.23. The van der Waals surface area contributed by atoms with Gasteiger partial charge < -0.3 is 19.5 Å². The van der Waals surface area contributed by atoms with E-state index in [0.717, 1.165) is 5.56 Å². The third-order valence-corrected chi connectivity index (χ3v) is 4.54. The summed E-state index contributed by atoms with van der Waals surface area (Å²) in [7, 11) is 0. The summed E-state index contributed by atoms with van der Waals surface area (Å²) in [6.07, 6.45) is 0.0841. The van der Waals surface area contributed by atoms with Gasteiger partial charge in [-0.15, -0.1) is 0 Å². The minimum absolute atomic E-state index is 0.0496. The molecule has 1 saturated heterocycles. The van der Waals surface area contributed by atoms with E-state index in [1.807, 2.05) is 30.3 Å². The third kappa shape index (κ3) is 3.49. The number of hydrogen-bond acceptors (Lipinski definition) is 5. The molecule has 1 aliphatic rings. The van der Waals surface area contributed by atoms with Crippen LogP contribution in [0.5, 0.6) is 0 Å².